The van der Waals surface area contributed by atoms with Crippen LogP contribution in [0.2, 0.25) is 0 Å². The number of carbonyl (C=O) groups excluding carboxylic acids is 1. The summed E-state index contributed by atoms with van der Waals surface area (Å²) >= 11 is 0. The fourth-order valence-corrected chi connectivity index (χ4v) is 4.36. The van der Waals surface area contributed by atoms with E-state index < -0.39 is 0 Å². The molecule has 0 saturated carbocycles. The maximum atomic E-state index is 12.0. The van der Waals surface area contributed by atoms with Gasteiger partial charge in [0.1, 0.15) is 29.6 Å². The Morgan fingerprint density at radius 3 is 1.59 bits per heavy atom. The van der Waals surface area contributed by atoms with Gasteiger partial charge >= 0.3 is 0 Å². The molecular formula is C32H49NO4. The monoisotopic (exact) mass is 511 g/mol. The van der Waals surface area contributed by atoms with Crippen LogP contribution in [-0.2, 0) is 4.79 Å². The third kappa shape index (κ3) is 15.9. The molecule has 2 aromatic rings. The van der Waals surface area contributed by atoms with Gasteiger partial charge in [-0.25, -0.2) is 0 Å². The van der Waals surface area contributed by atoms with E-state index in [0.29, 0.717) is 31.1 Å². The highest BCUT2D eigenvalue weighted by Gasteiger charge is 2.02. The Bertz CT molecular complexity index is 820. The molecule has 0 atom stereocenters. The molecule has 2 rings (SSSR count). The minimum absolute atomic E-state index is 0.107. The highest BCUT2D eigenvalue weighted by atomic mass is 16.5. The standard InChI is InChI=1S/C32H49NO4/c1-2-3-4-5-6-7-8-9-10-11-12-13-14-15-16-17-32(35)33-26-27-36-29-22-24-31(25-23-29)37-30-20-18-28(34)19-21-30/h18-25,34H,2-17,26-27H2,1H3,(H,33,35). The van der Waals surface area contributed by atoms with E-state index in [1.807, 2.05) is 24.3 Å². The first-order valence-electron chi connectivity index (χ1n) is 14.6. The van der Waals surface area contributed by atoms with Crippen molar-refractivity contribution in [2.75, 3.05) is 13.2 Å². The maximum Gasteiger partial charge on any atom is 0.220 e. The molecule has 0 radical (unpaired) electrons. The topological polar surface area (TPSA) is 67.8 Å². The van der Waals surface area contributed by atoms with E-state index >= 15 is 0 Å². The van der Waals surface area contributed by atoms with Crippen molar-refractivity contribution in [2.45, 2.75) is 110 Å². The highest BCUT2D eigenvalue weighted by Crippen LogP contribution is 2.25. The summed E-state index contributed by atoms with van der Waals surface area (Å²) in [6.45, 7) is 3.21. The quantitative estimate of drug-likeness (QED) is 0.155. The van der Waals surface area contributed by atoms with E-state index in [4.69, 9.17) is 9.47 Å². The molecule has 206 valence electrons. The van der Waals surface area contributed by atoms with Crippen LogP contribution in [0.15, 0.2) is 48.5 Å². The Kier molecular flexibility index (Phi) is 16.8. The SMILES string of the molecule is CCCCCCCCCCCCCCCCCC(=O)NCCOc1ccc(Oc2ccc(O)cc2)cc1. The van der Waals surface area contributed by atoms with Crippen LogP contribution >= 0.6 is 0 Å². The van der Waals surface area contributed by atoms with Crippen molar-refractivity contribution in [1.29, 1.82) is 0 Å². The summed E-state index contributed by atoms with van der Waals surface area (Å²) in [5, 5.41) is 12.3. The van der Waals surface area contributed by atoms with Crippen molar-refractivity contribution >= 4 is 5.91 Å². The predicted octanol–water partition coefficient (Wildman–Crippen LogP) is 8.94. The molecule has 0 bridgehead atoms. The summed E-state index contributed by atoms with van der Waals surface area (Å²) in [6.07, 6.45) is 20.6. The summed E-state index contributed by atoms with van der Waals surface area (Å²) < 4.78 is 11.4. The number of hydrogen-bond acceptors (Lipinski definition) is 4. The van der Waals surface area contributed by atoms with E-state index in [1.165, 1.54) is 83.5 Å². The van der Waals surface area contributed by atoms with Gasteiger partial charge in [0.05, 0.1) is 6.54 Å². The lowest BCUT2D eigenvalue weighted by molar-refractivity contribution is -0.121. The second-order valence-corrected chi connectivity index (χ2v) is 9.97. The zero-order valence-electron chi connectivity index (χ0n) is 23.0. The molecule has 0 aromatic heterocycles. The lowest BCUT2D eigenvalue weighted by Crippen LogP contribution is -2.27. The number of phenolic OH excluding ortho intramolecular Hbond substituents is 1. The number of ether oxygens (including phenoxy) is 2. The van der Waals surface area contributed by atoms with Crippen LogP contribution < -0.4 is 14.8 Å². The normalized spacial score (nSPS) is 10.8. The first-order valence-corrected chi connectivity index (χ1v) is 14.6. The van der Waals surface area contributed by atoms with Crippen LogP contribution in [0, 0.1) is 0 Å². The van der Waals surface area contributed by atoms with Crippen molar-refractivity contribution in [3.8, 4) is 23.0 Å². The van der Waals surface area contributed by atoms with Gasteiger partial charge in [-0.1, -0.05) is 96.8 Å². The Balaban J connectivity index is 1.37. The van der Waals surface area contributed by atoms with E-state index in [-0.39, 0.29) is 11.7 Å². The third-order valence-corrected chi connectivity index (χ3v) is 6.60. The first kappa shape index (κ1) is 30.5. The lowest BCUT2D eigenvalue weighted by Gasteiger charge is -2.09. The molecule has 0 fully saturated rings. The zero-order valence-corrected chi connectivity index (χ0v) is 23.0. The number of aromatic hydroxyl groups is 1. The molecule has 0 unspecified atom stereocenters. The molecule has 2 N–H and O–H groups in total. The van der Waals surface area contributed by atoms with Crippen LogP contribution in [0.4, 0.5) is 0 Å². The van der Waals surface area contributed by atoms with Crippen LogP contribution in [0.25, 0.3) is 0 Å². The third-order valence-electron chi connectivity index (χ3n) is 6.60. The maximum absolute atomic E-state index is 12.0. The van der Waals surface area contributed by atoms with E-state index in [1.54, 1.807) is 24.3 Å². The summed E-state index contributed by atoms with van der Waals surface area (Å²) in [5.41, 5.74) is 0. The van der Waals surface area contributed by atoms with Crippen molar-refractivity contribution in [3.05, 3.63) is 48.5 Å². The summed E-state index contributed by atoms with van der Waals surface area (Å²) in [5.74, 6) is 2.39. The number of carbonyl (C=O) groups is 1. The van der Waals surface area contributed by atoms with E-state index in [0.717, 1.165) is 18.6 Å². The fourth-order valence-electron chi connectivity index (χ4n) is 4.36. The molecule has 2 aromatic carbocycles. The Morgan fingerprint density at radius 2 is 1.08 bits per heavy atom. The molecule has 1 amide bonds. The number of benzene rings is 2. The molecule has 0 spiro atoms. The van der Waals surface area contributed by atoms with Gasteiger partial charge in [0.2, 0.25) is 5.91 Å². The van der Waals surface area contributed by atoms with Crippen LogP contribution in [0.3, 0.4) is 0 Å². The molecule has 0 saturated heterocycles. The molecule has 5 nitrogen and oxygen atoms in total. The molecule has 0 aliphatic heterocycles. The van der Waals surface area contributed by atoms with Gasteiger partial charge in [-0.05, 0) is 55.0 Å². The Hall–Kier alpha value is -2.69. The molecular weight excluding hydrogens is 462 g/mol. The molecule has 0 aliphatic carbocycles. The first-order chi connectivity index (χ1) is 18.2. The average molecular weight is 512 g/mol. The van der Waals surface area contributed by atoms with Crippen molar-refractivity contribution in [3.63, 3.8) is 0 Å². The fraction of sp³-hybridized carbons (Fsp3) is 0.594. The summed E-state index contributed by atoms with van der Waals surface area (Å²) in [4.78, 5) is 12.0. The number of unbranched alkanes of at least 4 members (excludes halogenated alkanes) is 14. The van der Waals surface area contributed by atoms with Gasteiger partial charge in [-0.3, -0.25) is 4.79 Å². The molecule has 0 heterocycles. The largest absolute Gasteiger partial charge is 0.508 e. The van der Waals surface area contributed by atoms with Crippen molar-refractivity contribution < 1.29 is 19.4 Å². The Labute approximate surface area is 225 Å². The minimum atomic E-state index is 0.107. The van der Waals surface area contributed by atoms with Gasteiger partial charge in [-0.2, -0.15) is 0 Å². The number of nitrogens with one attached hydrogen (secondary N) is 1. The van der Waals surface area contributed by atoms with Crippen molar-refractivity contribution in [2.24, 2.45) is 0 Å². The van der Waals surface area contributed by atoms with Crippen molar-refractivity contribution in [1.82, 2.24) is 5.32 Å². The van der Waals surface area contributed by atoms with Crippen LogP contribution in [0.1, 0.15) is 110 Å². The number of hydrogen-bond donors (Lipinski definition) is 2. The second-order valence-electron chi connectivity index (χ2n) is 9.97. The molecule has 5 heteroatoms. The van der Waals surface area contributed by atoms with Gasteiger partial charge in [-0.15, -0.1) is 0 Å². The van der Waals surface area contributed by atoms with Gasteiger partial charge < -0.3 is 19.9 Å². The van der Waals surface area contributed by atoms with E-state index in [2.05, 4.69) is 12.2 Å². The van der Waals surface area contributed by atoms with E-state index in [9.17, 15) is 9.90 Å². The summed E-state index contributed by atoms with van der Waals surface area (Å²) in [7, 11) is 0. The average Bonchev–Trinajstić information content (AvgIpc) is 2.91. The predicted molar refractivity (Wildman–Crippen MR) is 153 cm³/mol. The van der Waals surface area contributed by atoms with Crippen LogP contribution in [0.5, 0.6) is 23.0 Å². The minimum Gasteiger partial charge on any atom is -0.508 e. The lowest BCUT2D eigenvalue weighted by atomic mass is 10.0. The van der Waals surface area contributed by atoms with Crippen LogP contribution in [-0.4, -0.2) is 24.2 Å². The smallest absolute Gasteiger partial charge is 0.220 e. The molecule has 37 heavy (non-hydrogen) atoms. The highest BCUT2D eigenvalue weighted by molar-refractivity contribution is 5.75. The van der Waals surface area contributed by atoms with Gasteiger partial charge in [0.15, 0.2) is 0 Å². The second kappa shape index (κ2) is 20.4. The Morgan fingerprint density at radius 1 is 0.649 bits per heavy atom. The van der Waals surface area contributed by atoms with Gasteiger partial charge in [0, 0.05) is 6.42 Å². The number of amides is 1. The number of phenols is 1. The number of rotatable bonds is 22. The van der Waals surface area contributed by atoms with Gasteiger partial charge in [0.25, 0.3) is 0 Å². The zero-order chi connectivity index (χ0) is 26.4. The summed E-state index contributed by atoms with van der Waals surface area (Å²) in [6, 6.07) is 13.9. The molecule has 0 aliphatic rings.